The molecule has 0 fully saturated rings. The quantitative estimate of drug-likeness (QED) is 0.905. The molecule has 0 unspecified atom stereocenters. The molecule has 0 aliphatic rings. The molecule has 0 amide bonds. The van der Waals surface area contributed by atoms with Crippen molar-refractivity contribution in [2.45, 2.75) is 6.92 Å². The molecule has 0 radical (unpaired) electrons. The van der Waals surface area contributed by atoms with E-state index >= 15 is 0 Å². The molecule has 0 spiro atoms. The second-order valence-electron chi connectivity index (χ2n) is 3.67. The number of hydrogen-bond donors (Lipinski definition) is 1. The van der Waals surface area contributed by atoms with E-state index in [1.54, 1.807) is 13.0 Å². The minimum Gasteiger partial charge on any atom is -0.477 e. The van der Waals surface area contributed by atoms with Crippen LogP contribution in [0.4, 0.5) is 4.39 Å². The van der Waals surface area contributed by atoms with Gasteiger partial charge in [0, 0.05) is 6.20 Å². The summed E-state index contributed by atoms with van der Waals surface area (Å²) in [5.41, 5.74) is 0.552. The molecule has 0 atom stereocenters. The van der Waals surface area contributed by atoms with Gasteiger partial charge < -0.3 is 9.84 Å². The predicted octanol–water partition coefficient (Wildman–Crippen LogP) is 3.02. The molecule has 18 heavy (non-hydrogen) atoms. The van der Waals surface area contributed by atoms with Crippen molar-refractivity contribution < 1.29 is 19.0 Å². The average Bonchev–Trinajstić information content (AvgIpc) is 2.32. The van der Waals surface area contributed by atoms with E-state index < -0.39 is 11.8 Å². The summed E-state index contributed by atoms with van der Waals surface area (Å²) in [4.78, 5) is 15.0. The van der Waals surface area contributed by atoms with Gasteiger partial charge in [0.1, 0.15) is 17.1 Å². The number of nitrogens with zero attached hydrogens (tertiary/aromatic N) is 1. The molecule has 5 heteroatoms. The van der Waals surface area contributed by atoms with Crippen LogP contribution >= 0.6 is 0 Å². The van der Waals surface area contributed by atoms with Crippen molar-refractivity contribution in [2.75, 3.05) is 0 Å². The highest BCUT2D eigenvalue weighted by Gasteiger charge is 2.16. The van der Waals surface area contributed by atoms with Crippen LogP contribution < -0.4 is 4.74 Å². The number of aromatic nitrogens is 1. The fraction of sp³-hybridized carbons (Fsp3) is 0.0769. The monoisotopic (exact) mass is 247 g/mol. The van der Waals surface area contributed by atoms with Crippen LogP contribution in [0.2, 0.25) is 0 Å². The van der Waals surface area contributed by atoms with Gasteiger partial charge in [-0.05, 0) is 42.8 Å². The fourth-order valence-electron chi connectivity index (χ4n) is 1.49. The third kappa shape index (κ3) is 2.45. The first-order chi connectivity index (χ1) is 8.58. The minimum atomic E-state index is -1.11. The number of carboxylic acid groups (broad SMARTS) is 1. The Kier molecular flexibility index (Phi) is 3.23. The summed E-state index contributed by atoms with van der Waals surface area (Å²) in [5, 5.41) is 9.09. The number of carbonyl (C=O) groups is 1. The SMILES string of the molecule is Cc1ccnc(Oc2ccc(F)cc2)c1C(=O)O. The largest absolute Gasteiger partial charge is 0.477 e. The van der Waals surface area contributed by atoms with E-state index in [9.17, 15) is 9.18 Å². The summed E-state index contributed by atoms with van der Waals surface area (Å²) >= 11 is 0. The lowest BCUT2D eigenvalue weighted by Gasteiger charge is -2.09. The molecule has 1 aromatic heterocycles. The van der Waals surface area contributed by atoms with Crippen LogP contribution in [0.5, 0.6) is 11.6 Å². The Labute approximate surface area is 103 Å². The van der Waals surface area contributed by atoms with Crippen molar-refractivity contribution in [3.8, 4) is 11.6 Å². The number of ether oxygens (including phenoxy) is 1. The van der Waals surface area contributed by atoms with E-state index in [0.29, 0.717) is 11.3 Å². The van der Waals surface area contributed by atoms with Crippen LogP contribution in [0.25, 0.3) is 0 Å². The number of benzene rings is 1. The topological polar surface area (TPSA) is 59.4 Å². The van der Waals surface area contributed by atoms with Gasteiger partial charge in [0.2, 0.25) is 5.88 Å². The lowest BCUT2D eigenvalue weighted by molar-refractivity contribution is 0.0692. The van der Waals surface area contributed by atoms with Gasteiger partial charge in [-0.2, -0.15) is 0 Å². The maximum atomic E-state index is 12.7. The minimum absolute atomic E-state index is 0.00169. The van der Waals surface area contributed by atoms with E-state index in [-0.39, 0.29) is 11.4 Å². The van der Waals surface area contributed by atoms with Gasteiger partial charge in [0.25, 0.3) is 0 Å². The third-order valence-corrected chi connectivity index (χ3v) is 2.37. The lowest BCUT2D eigenvalue weighted by atomic mass is 10.1. The van der Waals surface area contributed by atoms with Gasteiger partial charge in [-0.1, -0.05) is 0 Å². The third-order valence-electron chi connectivity index (χ3n) is 2.37. The molecule has 2 aromatic rings. The molecule has 0 saturated heterocycles. The van der Waals surface area contributed by atoms with Gasteiger partial charge in [0.05, 0.1) is 0 Å². The van der Waals surface area contributed by atoms with E-state index in [4.69, 9.17) is 9.84 Å². The normalized spacial score (nSPS) is 10.1. The smallest absolute Gasteiger partial charge is 0.341 e. The highest BCUT2D eigenvalue weighted by atomic mass is 19.1. The maximum absolute atomic E-state index is 12.7. The number of carboxylic acids is 1. The van der Waals surface area contributed by atoms with Crippen molar-refractivity contribution in [1.82, 2.24) is 4.98 Å². The van der Waals surface area contributed by atoms with Crippen LogP contribution in [0, 0.1) is 12.7 Å². The van der Waals surface area contributed by atoms with Gasteiger partial charge in [-0.15, -0.1) is 0 Å². The summed E-state index contributed by atoms with van der Waals surface area (Å²) in [5.74, 6) is -1.18. The Balaban J connectivity index is 2.37. The zero-order valence-electron chi connectivity index (χ0n) is 9.55. The standard InChI is InChI=1S/C13H10FNO3/c1-8-6-7-15-12(11(8)13(16)17)18-10-4-2-9(14)3-5-10/h2-7H,1H3,(H,16,17). The van der Waals surface area contributed by atoms with Crippen molar-refractivity contribution in [2.24, 2.45) is 0 Å². The van der Waals surface area contributed by atoms with Crippen molar-refractivity contribution in [3.05, 3.63) is 53.5 Å². The highest BCUT2D eigenvalue weighted by molar-refractivity contribution is 5.91. The molecule has 0 aliphatic heterocycles. The van der Waals surface area contributed by atoms with Crippen LogP contribution in [-0.2, 0) is 0 Å². The van der Waals surface area contributed by atoms with Gasteiger partial charge in [-0.25, -0.2) is 14.2 Å². The Bertz CT molecular complexity index is 581. The Morgan fingerprint density at radius 1 is 1.28 bits per heavy atom. The van der Waals surface area contributed by atoms with Gasteiger partial charge >= 0.3 is 5.97 Å². The summed E-state index contributed by atoms with van der Waals surface area (Å²) in [6.07, 6.45) is 1.46. The lowest BCUT2D eigenvalue weighted by Crippen LogP contribution is -2.04. The predicted molar refractivity (Wildman–Crippen MR) is 62.4 cm³/mol. The van der Waals surface area contributed by atoms with Crippen molar-refractivity contribution in [1.29, 1.82) is 0 Å². The van der Waals surface area contributed by atoms with Gasteiger partial charge in [0.15, 0.2) is 0 Å². The van der Waals surface area contributed by atoms with E-state index in [1.807, 2.05) is 0 Å². The van der Waals surface area contributed by atoms with Crippen LogP contribution in [0.1, 0.15) is 15.9 Å². The molecular weight excluding hydrogens is 237 g/mol. The van der Waals surface area contributed by atoms with Crippen LogP contribution in [0.3, 0.4) is 0 Å². The summed E-state index contributed by atoms with van der Waals surface area (Å²) in [6, 6.07) is 6.86. The number of rotatable bonds is 3. The number of aromatic carboxylic acids is 1. The van der Waals surface area contributed by atoms with Crippen molar-refractivity contribution >= 4 is 5.97 Å². The fourth-order valence-corrected chi connectivity index (χ4v) is 1.49. The summed E-state index contributed by atoms with van der Waals surface area (Å²) in [7, 11) is 0. The molecule has 4 nitrogen and oxygen atoms in total. The zero-order valence-corrected chi connectivity index (χ0v) is 9.55. The highest BCUT2D eigenvalue weighted by Crippen LogP contribution is 2.25. The number of aryl methyl sites for hydroxylation is 1. The number of halogens is 1. The van der Waals surface area contributed by atoms with Crippen LogP contribution in [0.15, 0.2) is 36.5 Å². The molecule has 0 saturated carbocycles. The first-order valence-electron chi connectivity index (χ1n) is 5.20. The number of pyridine rings is 1. The van der Waals surface area contributed by atoms with E-state index in [0.717, 1.165) is 0 Å². The van der Waals surface area contributed by atoms with E-state index in [1.165, 1.54) is 30.5 Å². The second kappa shape index (κ2) is 4.83. The molecular formula is C13H10FNO3. The summed E-state index contributed by atoms with van der Waals surface area (Å²) in [6.45, 7) is 1.66. The molecule has 0 aliphatic carbocycles. The van der Waals surface area contributed by atoms with E-state index in [2.05, 4.69) is 4.98 Å². The first kappa shape index (κ1) is 12.0. The number of hydrogen-bond acceptors (Lipinski definition) is 3. The first-order valence-corrected chi connectivity index (χ1v) is 5.20. The Hall–Kier alpha value is -2.43. The Morgan fingerprint density at radius 2 is 1.94 bits per heavy atom. The second-order valence-corrected chi connectivity index (χ2v) is 3.67. The molecule has 2 rings (SSSR count). The molecule has 1 heterocycles. The van der Waals surface area contributed by atoms with Crippen molar-refractivity contribution in [3.63, 3.8) is 0 Å². The molecule has 1 N–H and O–H groups in total. The zero-order chi connectivity index (χ0) is 13.1. The van der Waals surface area contributed by atoms with Gasteiger partial charge in [-0.3, -0.25) is 0 Å². The average molecular weight is 247 g/mol. The summed E-state index contributed by atoms with van der Waals surface area (Å²) < 4.78 is 18.1. The maximum Gasteiger partial charge on any atom is 0.341 e. The Morgan fingerprint density at radius 3 is 2.56 bits per heavy atom. The molecule has 92 valence electrons. The molecule has 1 aromatic carbocycles. The molecule has 0 bridgehead atoms. The van der Waals surface area contributed by atoms with Crippen LogP contribution in [-0.4, -0.2) is 16.1 Å².